The van der Waals surface area contributed by atoms with Gasteiger partial charge in [0.1, 0.15) is 18.5 Å². The van der Waals surface area contributed by atoms with Crippen molar-refractivity contribution in [2.24, 2.45) is 5.18 Å². The van der Waals surface area contributed by atoms with E-state index in [1.54, 1.807) is 0 Å². The van der Waals surface area contributed by atoms with E-state index in [-0.39, 0.29) is 13.2 Å². The number of ether oxygens (including phenoxy) is 1. The Bertz CT molecular complexity index is 829. The number of carbonyl (C=O) groups excluding carboxylic acids is 2. The molecule has 0 saturated heterocycles. The summed E-state index contributed by atoms with van der Waals surface area (Å²) in [6.07, 6.45) is -0.883. The second kappa shape index (κ2) is 8.83. The number of benzene rings is 2. The van der Waals surface area contributed by atoms with Gasteiger partial charge in [0.05, 0.1) is 6.04 Å². The van der Waals surface area contributed by atoms with Crippen molar-refractivity contribution in [2.45, 2.75) is 38.5 Å². The number of hydrogen-bond acceptors (Lipinski definition) is 7. The van der Waals surface area contributed by atoms with E-state index in [4.69, 9.17) is 4.74 Å². The van der Waals surface area contributed by atoms with Gasteiger partial charge in [0.25, 0.3) is 0 Å². The SMILES string of the molecule is CC(NCC(O)COc1cccc2ccccc12)C(=O)C(=O)C(C)(C)N=O. The van der Waals surface area contributed by atoms with E-state index in [2.05, 4.69) is 10.5 Å². The minimum absolute atomic E-state index is 0.0251. The van der Waals surface area contributed by atoms with Gasteiger partial charge >= 0.3 is 0 Å². The first kappa shape index (κ1) is 20.7. The summed E-state index contributed by atoms with van der Waals surface area (Å²) in [5.41, 5.74) is -1.59. The lowest BCUT2D eigenvalue weighted by Gasteiger charge is -2.19. The van der Waals surface area contributed by atoms with E-state index >= 15 is 0 Å². The molecule has 0 aliphatic heterocycles. The first-order valence-electron chi connectivity index (χ1n) is 8.71. The van der Waals surface area contributed by atoms with Crippen LogP contribution < -0.4 is 10.1 Å². The van der Waals surface area contributed by atoms with Crippen molar-refractivity contribution in [3.05, 3.63) is 47.4 Å². The van der Waals surface area contributed by atoms with Crippen LogP contribution in [0.15, 0.2) is 47.6 Å². The first-order chi connectivity index (χ1) is 12.8. The van der Waals surface area contributed by atoms with Crippen molar-refractivity contribution >= 4 is 22.3 Å². The van der Waals surface area contributed by atoms with Crippen LogP contribution in [0.3, 0.4) is 0 Å². The lowest BCUT2D eigenvalue weighted by Crippen LogP contribution is -2.47. The molecular formula is C20H24N2O5. The third-order valence-electron chi connectivity index (χ3n) is 4.24. The Kier molecular flexibility index (Phi) is 6.76. The average Bonchev–Trinajstić information content (AvgIpc) is 2.69. The molecule has 0 saturated carbocycles. The number of rotatable bonds is 10. The highest BCUT2D eigenvalue weighted by Crippen LogP contribution is 2.25. The number of ketones is 2. The molecule has 7 nitrogen and oxygen atoms in total. The highest BCUT2D eigenvalue weighted by atomic mass is 16.5. The second-order valence-corrected chi connectivity index (χ2v) is 6.92. The van der Waals surface area contributed by atoms with E-state index in [1.807, 2.05) is 42.5 Å². The number of nitrogens with one attached hydrogen (secondary N) is 1. The maximum absolute atomic E-state index is 12.1. The Labute approximate surface area is 157 Å². The third kappa shape index (κ3) is 5.18. The molecule has 0 aliphatic rings. The van der Waals surface area contributed by atoms with Crippen molar-refractivity contribution in [2.75, 3.05) is 13.2 Å². The van der Waals surface area contributed by atoms with Crippen molar-refractivity contribution in [1.29, 1.82) is 0 Å². The summed E-state index contributed by atoms with van der Waals surface area (Å²) in [6.45, 7) is 4.16. The zero-order chi connectivity index (χ0) is 20.0. The first-order valence-corrected chi connectivity index (χ1v) is 8.71. The molecule has 0 bridgehead atoms. The molecule has 0 amide bonds. The van der Waals surface area contributed by atoms with Crippen LogP contribution in [0.5, 0.6) is 5.75 Å². The molecule has 0 spiro atoms. The molecule has 2 aromatic carbocycles. The minimum atomic E-state index is -1.59. The zero-order valence-electron chi connectivity index (χ0n) is 15.6. The molecule has 0 aromatic heterocycles. The summed E-state index contributed by atoms with van der Waals surface area (Å²) in [5.74, 6) is -0.953. The molecule has 2 rings (SSSR count). The van der Waals surface area contributed by atoms with Crippen LogP contribution in [0.25, 0.3) is 10.8 Å². The van der Waals surface area contributed by atoms with Crippen LogP contribution in [-0.2, 0) is 9.59 Å². The monoisotopic (exact) mass is 372 g/mol. The fourth-order valence-electron chi connectivity index (χ4n) is 2.51. The number of carbonyl (C=O) groups is 2. The average molecular weight is 372 g/mol. The highest BCUT2D eigenvalue weighted by Gasteiger charge is 2.36. The minimum Gasteiger partial charge on any atom is -0.490 e. The Morgan fingerprint density at radius 3 is 2.56 bits per heavy atom. The number of nitrogens with zero attached hydrogens (tertiary/aromatic N) is 1. The fraction of sp³-hybridized carbons (Fsp3) is 0.400. The molecule has 27 heavy (non-hydrogen) atoms. The molecule has 0 aliphatic carbocycles. The van der Waals surface area contributed by atoms with E-state index < -0.39 is 29.3 Å². The number of hydrogen-bond donors (Lipinski definition) is 2. The van der Waals surface area contributed by atoms with E-state index in [9.17, 15) is 19.6 Å². The topological polar surface area (TPSA) is 105 Å². The molecule has 2 aromatic rings. The third-order valence-corrected chi connectivity index (χ3v) is 4.24. The number of aliphatic hydroxyl groups is 1. The molecule has 2 atom stereocenters. The normalized spacial score (nSPS) is 13.8. The lowest BCUT2D eigenvalue weighted by molar-refractivity contribution is -0.140. The molecule has 2 unspecified atom stereocenters. The number of fused-ring (bicyclic) bond motifs is 1. The molecule has 0 heterocycles. The van der Waals surface area contributed by atoms with Gasteiger partial charge in [-0.25, -0.2) is 0 Å². The Hall–Kier alpha value is -2.64. The Morgan fingerprint density at radius 1 is 1.19 bits per heavy atom. The van der Waals surface area contributed by atoms with Crippen LogP contribution in [0.1, 0.15) is 20.8 Å². The molecule has 0 radical (unpaired) electrons. The van der Waals surface area contributed by atoms with Crippen molar-refractivity contribution in [3.63, 3.8) is 0 Å². The fourth-order valence-corrected chi connectivity index (χ4v) is 2.51. The van der Waals surface area contributed by atoms with Gasteiger partial charge in [-0.2, -0.15) is 0 Å². The van der Waals surface area contributed by atoms with Crippen molar-refractivity contribution in [3.8, 4) is 5.75 Å². The highest BCUT2D eigenvalue weighted by molar-refractivity contribution is 6.42. The molecule has 0 fully saturated rings. The van der Waals surface area contributed by atoms with Gasteiger partial charge in [-0.05, 0) is 32.2 Å². The zero-order valence-corrected chi connectivity index (χ0v) is 15.6. The summed E-state index contributed by atoms with van der Waals surface area (Å²) in [4.78, 5) is 34.7. The molecule has 2 N–H and O–H groups in total. The van der Waals surface area contributed by atoms with Crippen LogP contribution in [0.2, 0.25) is 0 Å². The summed E-state index contributed by atoms with van der Waals surface area (Å²) in [6, 6.07) is 12.6. The van der Waals surface area contributed by atoms with Gasteiger partial charge in [0.15, 0.2) is 5.54 Å². The smallest absolute Gasteiger partial charge is 0.230 e. The Balaban J connectivity index is 1.87. The summed E-state index contributed by atoms with van der Waals surface area (Å²) >= 11 is 0. The van der Waals surface area contributed by atoms with E-state index in [0.717, 1.165) is 10.8 Å². The van der Waals surface area contributed by atoms with Crippen molar-refractivity contribution < 1.29 is 19.4 Å². The predicted octanol–water partition coefficient (Wildman–Crippen LogP) is 2.24. The maximum atomic E-state index is 12.1. The van der Waals surface area contributed by atoms with Crippen LogP contribution in [-0.4, -0.2) is 47.5 Å². The summed E-state index contributed by atoms with van der Waals surface area (Å²) in [5, 5.41) is 17.6. The standard InChI is InChI=1S/C20H24N2O5/c1-13(18(24)19(25)20(2,3)22-26)21-11-15(23)12-27-17-10-6-8-14-7-4-5-9-16(14)17/h4-10,13,15,21,23H,11-12H2,1-3H3. The van der Waals surface area contributed by atoms with Gasteiger partial charge in [-0.15, -0.1) is 4.91 Å². The number of nitroso groups, excluding NO2 is 1. The molecule has 7 heteroatoms. The second-order valence-electron chi connectivity index (χ2n) is 6.92. The van der Waals surface area contributed by atoms with Gasteiger partial charge in [0.2, 0.25) is 11.6 Å². The number of Topliss-reactive ketones (excluding diaryl/α,β-unsaturated/α-hetero) is 2. The summed E-state index contributed by atoms with van der Waals surface area (Å²) in [7, 11) is 0. The predicted molar refractivity (Wildman–Crippen MR) is 103 cm³/mol. The van der Waals surface area contributed by atoms with E-state index in [0.29, 0.717) is 5.75 Å². The van der Waals surface area contributed by atoms with Gasteiger partial charge < -0.3 is 15.2 Å². The quantitative estimate of drug-likeness (QED) is 0.489. The molecule has 144 valence electrons. The number of aliphatic hydroxyl groups excluding tert-OH is 1. The van der Waals surface area contributed by atoms with Gasteiger partial charge in [-0.3, -0.25) is 9.59 Å². The van der Waals surface area contributed by atoms with Crippen LogP contribution in [0.4, 0.5) is 0 Å². The largest absolute Gasteiger partial charge is 0.490 e. The lowest BCUT2D eigenvalue weighted by atomic mass is 9.94. The summed E-state index contributed by atoms with van der Waals surface area (Å²) < 4.78 is 5.69. The Morgan fingerprint density at radius 2 is 1.85 bits per heavy atom. The van der Waals surface area contributed by atoms with Gasteiger partial charge in [0, 0.05) is 11.9 Å². The van der Waals surface area contributed by atoms with Crippen LogP contribution in [0, 0.1) is 4.91 Å². The van der Waals surface area contributed by atoms with E-state index in [1.165, 1.54) is 20.8 Å². The van der Waals surface area contributed by atoms with Crippen LogP contribution >= 0.6 is 0 Å². The maximum Gasteiger partial charge on any atom is 0.230 e. The van der Waals surface area contributed by atoms with Gasteiger partial charge in [-0.1, -0.05) is 41.6 Å². The molecular weight excluding hydrogens is 348 g/mol. The van der Waals surface area contributed by atoms with Crippen molar-refractivity contribution in [1.82, 2.24) is 5.32 Å².